The van der Waals surface area contributed by atoms with Crippen LogP contribution in [0.4, 0.5) is 5.69 Å². The van der Waals surface area contributed by atoms with E-state index >= 15 is 0 Å². The Balaban J connectivity index is 1.52. The van der Waals surface area contributed by atoms with Crippen LogP contribution < -0.4 is 5.32 Å². The molecule has 2 heterocycles. The number of sulfone groups is 1. The number of anilines is 1. The molecular formula is C15H17N3O3S. The third-order valence-electron chi connectivity index (χ3n) is 4.14. The molecule has 0 aromatic heterocycles. The van der Waals surface area contributed by atoms with Crippen LogP contribution in [0.3, 0.4) is 0 Å². The number of rotatable bonds is 3. The lowest BCUT2D eigenvalue weighted by atomic mass is 10.0. The largest absolute Gasteiger partial charge is 0.379 e. The van der Waals surface area contributed by atoms with E-state index in [1.54, 1.807) is 17.0 Å². The summed E-state index contributed by atoms with van der Waals surface area (Å²) in [6.45, 7) is 1.15. The summed E-state index contributed by atoms with van der Waals surface area (Å²) in [6.07, 6.45) is 0.444. The predicted molar refractivity (Wildman–Crippen MR) is 81.9 cm³/mol. The number of hydrogen-bond acceptors (Lipinski definition) is 5. The zero-order valence-corrected chi connectivity index (χ0v) is 12.8. The van der Waals surface area contributed by atoms with Crippen LogP contribution in [0.2, 0.25) is 0 Å². The fourth-order valence-corrected chi connectivity index (χ4v) is 4.64. The number of nitrogens with zero attached hydrogens (tertiary/aromatic N) is 2. The van der Waals surface area contributed by atoms with E-state index in [2.05, 4.69) is 11.4 Å². The number of nitriles is 1. The Morgan fingerprint density at radius 2 is 2.14 bits per heavy atom. The van der Waals surface area contributed by atoms with Gasteiger partial charge < -0.3 is 10.2 Å². The van der Waals surface area contributed by atoms with Gasteiger partial charge in [-0.2, -0.15) is 5.26 Å². The Kier molecular flexibility index (Phi) is 3.79. The number of amides is 1. The molecule has 2 saturated heterocycles. The zero-order valence-electron chi connectivity index (χ0n) is 12.0. The first kappa shape index (κ1) is 14.9. The lowest BCUT2D eigenvalue weighted by Crippen LogP contribution is -2.58. The first-order chi connectivity index (χ1) is 10.5. The van der Waals surface area contributed by atoms with Crippen LogP contribution in [0.25, 0.3) is 0 Å². The summed E-state index contributed by atoms with van der Waals surface area (Å²) in [6, 6.07) is 9.44. The van der Waals surface area contributed by atoms with E-state index in [9.17, 15) is 13.2 Å². The minimum atomic E-state index is -3.02. The minimum Gasteiger partial charge on any atom is -0.379 e. The highest BCUT2D eigenvalue weighted by atomic mass is 32.2. The molecule has 1 unspecified atom stereocenters. The highest BCUT2D eigenvalue weighted by Crippen LogP contribution is 2.24. The van der Waals surface area contributed by atoms with Gasteiger partial charge in [-0.25, -0.2) is 8.42 Å². The van der Waals surface area contributed by atoms with E-state index in [1.165, 1.54) is 0 Å². The predicted octanol–water partition coefficient (Wildman–Crippen LogP) is 0.616. The monoisotopic (exact) mass is 319 g/mol. The number of likely N-dealkylation sites (tertiary alicyclic amines) is 1. The van der Waals surface area contributed by atoms with E-state index in [-0.39, 0.29) is 29.4 Å². The van der Waals surface area contributed by atoms with E-state index in [1.807, 2.05) is 12.1 Å². The Morgan fingerprint density at radius 1 is 1.36 bits per heavy atom. The van der Waals surface area contributed by atoms with E-state index in [0.29, 0.717) is 25.1 Å². The van der Waals surface area contributed by atoms with Crippen LogP contribution in [-0.2, 0) is 14.6 Å². The molecule has 2 aliphatic heterocycles. The van der Waals surface area contributed by atoms with Crippen molar-refractivity contribution in [3.05, 3.63) is 29.8 Å². The Hall–Kier alpha value is -2.07. The topological polar surface area (TPSA) is 90.3 Å². The maximum Gasteiger partial charge on any atom is 0.226 e. The van der Waals surface area contributed by atoms with E-state index in [0.717, 1.165) is 5.69 Å². The summed E-state index contributed by atoms with van der Waals surface area (Å²) in [5, 5.41) is 12.1. The molecule has 7 heteroatoms. The molecule has 0 saturated carbocycles. The lowest BCUT2D eigenvalue weighted by molar-refractivity contribution is -0.138. The van der Waals surface area contributed by atoms with Crippen molar-refractivity contribution in [1.82, 2.24) is 4.90 Å². The minimum absolute atomic E-state index is 0.00928. The molecule has 0 spiro atoms. The number of carbonyl (C=O) groups is 1. The van der Waals surface area contributed by atoms with Gasteiger partial charge in [0.1, 0.15) is 0 Å². The Labute approximate surface area is 129 Å². The van der Waals surface area contributed by atoms with Crippen molar-refractivity contribution in [3.8, 4) is 6.07 Å². The van der Waals surface area contributed by atoms with Crippen molar-refractivity contribution in [2.45, 2.75) is 12.5 Å². The molecule has 1 aromatic rings. The molecule has 0 aliphatic carbocycles. The van der Waals surface area contributed by atoms with Crippen LogP contribution in [0.5, 0.6) is 0 Å². The summed E-state index contributed by atoms with van der Waals surface area (Å²) < 4.78 is 22.9. The van der Waals surface area contributed by atoms with Gasteiger partial charge in [0, 0.05) is 18.8 Å². The molecular weight excluding hydrogens is 302 g/mol. The third kappa shape index (κ3) is 3.07. The zero-order chi connectivity index (χ0) is 15.7. The normalized spacial score (nSPS) is 23.6. The van der Waals surface area contributed by atoms with Crippen molar-refractivity contribution >= 4 is 21.4 Å². The Morgan fingerprint density at radius 3 is 2.77 bits per heavy atom. The SMILES string of the molecule is N#Cc1cccc(NC2CN(C(=O)C3CCS(=O)(=O)C3)C2)c1. The molecule has 3 rings (SSSR count). The molecule has 1 atom stereocenters. The number of nitrogens with one attached hydrogen (secondary N) is 1. The highest BCUT2D eigenvalue weighted by Gasteiger charge is 2.39. The van der Waals surface area contributed by atoms with Crippen LogP contribution in [-0.4, -0.2) is 49.9 Å². The first-order valence-corrected chi connectivity index (χ1v) is 9.05. The van der Waals surface area contributed by atoms with Crippen LogP contribution >= 0.6 is 0 Å². The van der Waals surface area contributed by atoms with Gasteiger partial charge in [-0.3, -0.25) is 4.79 Å². The van der Waals surface area contributed by atoms with Crippen molar-refractivity contribution in [2.75, 3.05) is 29.9 Å². The van der Waals surface area contributed by atoms with Gasteiger partial charge in [0.05, 0.1) is 35.1 Å². The van der Waals surface area contributed by atoms with Gasteiger partial charge in [0.2, 0.25) is 5.91 Å². The third-order valence-corrected chi connectivity index (χ3v) is 5.91. The van der Waals surface area contributed by atoms with Gasteiger partial charge >= 0.3 is 0 Å². The summed E-state index contributed by atoms with van der Waals surface area (Å²) in [5.74, 6) is -0.303. The average molecular weight is 319 g/mol. The summed E-state index contributed by atoms with van der Waals surface area (Å²) in [4.78, 5) is 13.9. The fourth-order valence-electron chi connectivity index (χ4n) is 2.91. The first-order valence-electron chi connectivity index (χ1n) is 7.23. The quantitative estimate of drug-likeness (QED) is 0.882. The molecule has 116 valence electrons. The van der Waals surface area contributed by atoms with Gasteiger partial charge in [0.15, 0.2) is 9.84 Å². The second-order valence-corrected chi connectivity index (χ2v) is 8.11. The van der Waals surface area contributed by atoms with Gasteiger partial charge in [0.25, 0.3) is 0 Å². The maximum absolute atomic E-state index is 12.2. The molecule has 1 aromatic carbocycles. The standard InChI is InChI=1S/C15H17N3O3S/c16-7-11-2-1-3-13(6-11)17-14-8-18(9-14)15(19)12-4-5-22(20,21)10-12/h1-3,6,12,14,17H,4-5,8-10H2. The van der Waals surface area contributed by atoms with Crippen LogP contribution in [0.1, 0.15) is 12.0 Å². The summed E-state index contributed by atoms with van der Waals surface area (Å²) >= 11 is 0. The maximum atomic E-state index is 12.2. The number of hydrogen-bond donors (Lipinski definition) is 1. The lowest BCUT2D eigenvalue weighted by Gasteiger charge is -2.41. The summed E-state index contributed by atoms with van der Waals surface area (Å²) in [5.41, 5.74) is 1.45. The Bertz CT molecular complexity index is 733. The van der Waals surface area contributed by atoms with Crippen LogP contribution in [0.15, 0.2) is 24.3 Å². The smallest absolute Gasteiger partial charge is 0.226 e. The molecule has 22 heavy (non-hydrogen) atoms. The molecule has 6 nitrogen and oxygen atoms in total. The second kappa shape index (κ2) is 5.61. The van der Waals surface area contributed by atoms with Crippen LogP contribution in [0, 0.1) is 17.2 Å². The van der Waals surface area contributed by atoms with Crippen molar-refractivity contribution in [3.63, 3.8) is 0 Å². The van der Waals surface area contributed by atoms with Gasteiger partial charge in [-0.05, 0) is 24.6 Å². The van der Waals surface area contributed by atoms with E-state index < -0.39 is 9.84 Å². The molecule has 0 radical (unpaired) electrons. The van der Waals surface area contributed by atoms with Gasteiger partial charge in [-0.15, -0.1) is 0 Å². The fraction of sp³-hybridized carbons (Fsp3) is 0.467. The average Bonchev–Trinajstić information content (AvgIpc) is 2.82. The van der Waals surface area contributed by atoms with Crippen molar-refractivity contribution in [1.29, 1.82) is 5.26 Å². The van der Waals surface area contributed by atoms with E-state index in [4.69, 9.17) is 5.26 Å². The van der Waals surface area contributed by atoms with Crippen molar-refractivity contribution < 1.29 is 13.2 Å². The van der Waals surface area contributed by atoms with Gasteiger partial charge in [-0.1, -0.05) is 6.07 Å². The van der Waals surface area contributed by atoms with Crippen molar-refractivity contribution in [2.24, 2.45) is 5.92 Å². The second-order valence-electron chi connectivity index (χ2n) is 5.88. The molecule has 2 fully saturated rings. The molecule has 1 amide bonds. The summed E-state index contributed by atoms with van der Waals surface area (Å²) in [7, 11) is -3.02. The number of benzene rings is 1. The number of carbonyl (C=O) groups excluding carboxylic acids is 1. The molecule has 1 N–H and O–H groups in total. The molecule has 0 bridgehead atoms. The molecule has 2 aliphatic rings. The highest BCUT2D eigenvalue weighted by molar-refractivity contribution is 7.91.